The number of ether oxygens (including phenoxy) is 2. The summed E-state index contributed by atoms with van der Waals surface area (Å²) in [5, 5.41) is 0. The predicted octanol–water partition coefficient (Wildman–Crippen LogP) is 1.51. The highest BCUT2D eigenvalue weighted by Gasteiger charge is 2.06. The van der Waals surface area contributed by atoms with Crippen LogP contribution >= 0.6 is 0 Å². The molecule has 0 spiro atoms. The van der Waals surface area contributed by atoms with E-state index in [0.717, 1.165) is 29.3 Å². The maximum atomic E-state index is 5.79. The maximum Gasteiger partial charge on any atom is 0.127 e. The molecule has 5 nitrogen and oxygen atoms in total. The summed E-state index contributed by atoms with van der Waals surface area (Å²) in [7, 11) is 3.61. The van der Waals surface area contributed by atoms with E-state index in [0.29, 0.717) is 13.2 Å². The lowest BCUT2D eigenvalue weighted by molar-refractivity contribution is 0.311. The molecule has 0 unspecified atom stereocenters. The molecular formula is C14H19N3O2. The average Bonchev–Trinajstić information content (AvgIpc) is 2.84. The van der Waals surface area contributed by atoms with E-state index in [1.807, 2.05) is 36.0 Å². The number of hydrogen-bond acceptors (Lipinski definition) is 4. The van der Waals surface area contributed by atoms with Crippen molar-refractivity contribution < 1.29 is 9.47 Å². The number of benzene rings is 1. The van der Waals surface area contributed by atoms with Gasteiger partial charge in [0.15, 0.2) is 0 Å². The minimum Gasteiger partial charge on any atom is -0.497 e. The lowest BCUT2D eigenvalue weighted by atomic mass is 10.2. The summed E-state index contributed by atoms with van der Waals surface area (Å²) in [4.78, 5) is 4.26. The van der Waals surface area contributed by atoms with Gasteiger partial charge in [-0.2, -0.15) is 0 Å². The summed E-state index contributed by atoms with van der Waals surface area (Å²) in [5.41, 5.74) is 6.67. The molecule has 1 aromatic carbocycles. The van der Waals surface area contributed by atoms with Gasteiger partial charge in [-0.05, 0) is 6.07 Å². The van der Waals surface area contributed by atoms with Crippen LogP contribution in [-0.4, -0.2) is 23.3 Å². The second kappa shape index (κ2) is 6.24. The molecule has 5 heteroatoms. The van der Waals surface area contributed by atoms with Crippen LogP contribution in [0.2, 0.25) is 0 Å². The fraction of sp³-hybridized carbons (Fsp3) is 0.357. The van der Waals surface area contributed by atoms with Crippen LogP contribution in [0.4, 0.5) is 0 Å². The summed E-state index contributed by atoms with van der Waals surface area (Å²) in [6.07, 6.45) is 4.46. The van der Waals surface area contributed by atoms with Crippen molar-refractivity contribution in [1.29, 1.82) is 0 Å². The molecule has 0 fully saturated rings. The Kier molecular flexibility index (Phi) is 4.41. The van der Waals surface area contributed by atoms with Gasteiger partial charge in [-0.25, -0.2) is 4.98 Å². The van der Waals surface area contributed by atoms with Crippen molar-refractivity contribution in [2.75, 3.05) is 13.7 Å². The zero-order valence-electron chi connectivity index (χ0n) is 11.3. The molecule has 0 aliphatic carbocycles. The highest BCUT2D eigenvalue weighted by molar-refractivity contribution is 5.40. The SMILES string of the molecule is COc1ccc(CN)c(OCCc2nccn2C)c1. The fourth-order valence-electron chi connectivity index (χ4n) is 1.85. The van der Waals surface area contributed by atoms with Crippen LogP contribution < -0.4 is 15.2 Å². The van der Waals surface area contributed by atoms with Crippen molar-refractivity contribution in [3.8, 4) is 11.5 Å². The van der Waals surface area contributed by atoms with Crippen molar-refractivity contribution in [2.24, 2.45) is 12.8 Å². The monoisotopic (exact) mass is 261 g/mol. The molecule has 2 rings (SSSR count). The molecule has 1 heterocycles. The van der Waals surface area contributed by atoms with Gasteiger partial charge in [0.2, 0.25) is 0 Å². The smallest absolute Gasteiger partial charge is 0.127 e. The Hall–Kier alpha value is -2.01. The fourth-order valence-corrected chi connectivity index (χ4v) is 1.85. The third-order valence-electron chi connectivity index (χ3n) is 3.00. The molecule has 0 saturated carbocycles. The number of aryl methyl sites for hydroxylation is 1. The van der Waals surface area contributed by atoms with Gasteiger partial charge in [-0.15, -0.1) is 0 Å². The summed E-state index contributed by atoms with van der Waals surface area (Å²) < 4.78 is 13.0. The number of methoxy groups -OCH3 is 1. The minimum atomic E-state index is 0.446. The molecule has 0 saturated heterocycles. The molecule has 0 aliphatic heterocycles. The molecule has 0 amide bonds. The molecule has 2 N–H and O–H groups in total. The lowest BCUT2D eigenvalue weighted by Crippen LogP contribution is -2.08. The van der Waals surface area contributed by atoms with E-state index < -0.39 is 0 Å². The first-order chi connectivity index (χ1) is 9.24. The standard InChI is InChI=1S/C14H19N3O2/c1-17-7-6-16-14(17)5-8-19-13-9-12(18-2)4-3-11(13)10-15/h3-4,6-7,9H,5,8,10,15H2,1-2H3. The van der Waals surface area contributed by atoms with Crippen LogP contribution in [0.1, 0.15) is 11.4 Å². The highest BCUT2D eigenvalue weighted by Crippen LogP contribution is 2.24. The number of nitrogens with zero attached hydrogens (tertiary/aromatic N) is 2. The van der Waals surface area contributed by atoms with Crippen LogP contribution in [0, 0.1) is 0 Å². The first-order valence-corrected chi connectivity index (χ1v) is 6.20. The number of imidazole rings is 1. The molecule has 0 atom stereocenters. The van der Waals surface area contributed by atoms with E-state index in [2.05, 4.69) is 4.98 Å². The van der Waals surface area contributed by atoms with Gasteiger partial charge in [0.05, 0.1) is 13.7 Å². The number of rotatable bonds is 6. The Morgan fingerprint density at radius 3 is 2.84 bits per heavy atom. The second-order valence-electron chi connectivity index (χ2n) is 4.23. The number of hydrogen-bond donors (Lipinski definition) is 1. The Morgan fingerprint density at radius 1 is 1.37 bits per heavy atom. The summed E-state index contributed by atoms with van der Waals surface area (Å²) in [5.74, 6) is 2.54. The van der Waals surface area contributed by atoms with Gasteiger partial charge in [0.1, 0.15) is 17.3 Å². The van der Waals surface area contributed by atoms with Crippen LogP contribution in [0.25, 0.3) is 0 Å². The Bertz CT molecular complexity index is 537. The molecule has 102 valence electrons. The van der Waals surface area contributed by atoms with Gasteiger partial charge < -0.3 is 19.8 Å². The van der Waals surface area contributed by atoms with E-state index in [4.69, 9.17) is 15.2 Å². The maximum absolute atomic E-state index is 5.79. The van der Waals surface area contributed by atoms with Crippen molar-refractivity contribution in [3.63, 3.8) is 0 Å². The van der Waals surface area contributed by atoms with Crippen molar-refractivity contribution in [1.82, 2.24) is 9.55 Å². The van der Waals surface area contributed by atoms with Crippen molar-refractivity contribution in [2.45, 2.75) is 13.0 Å². The zero-order chi connectivity index (χ0) is 13.7. The first kappa shape index (κ1) is 13.4. The highest BCUT2D eigenvalue weighted by atomic mass is 16.5. The lowest BCUT2D eigenvalue weighted by Gasteiger charge is -2.12. The Balaban J connectivity index is 2.00. The Morgan fingerprint density at radius 2 is 2.21 bits per heavy atom. The quantitative estimate of drug-likeness (QED) is 0.856. The van der Waals surface area contributed by atoms with Crippen molar-refractivity contribution >= 4 is 0 Å². The molecule has 0 bridgehead atoms. The van der Waals surface area contributed by atoms with E-state index in [1.54, 1.807) is 13.3 Å². The van der Waals surface area contributed by atoms with Gasteiger partial charge in [-0.3, -0.25) is 0 Å². The van der Waals surface area contributed by atoms with Crippen molar-refractivity contribution in [3.05, 3.63) is 42.0 Å². The number of nitrogens with two attached hydrogens (primary N) is 1. The topological polar surface area (TPSA) is 62.3 Å². The van der Waals surface area contributed by atoms with Crippen LogP contribution in [0.5, 0.6) is 11.5 Å². The predicted molar refractivity (Wildman–Crippen MR) is 73.3 cm³/mol. The van der Waals surface area contributed by atoms with Gasteiger partial charge in [0, 0.05) is 44.0 Å². The molecular weight excluding hydrogens is 242 g/mol. The normalized spacial score (nSPS) is 10.5. The zero-order valence-corrected chi connectivity index (χ0v) is 11.3. The molecule has 1 aromatic heterocycles. The van der Waals surface area contributed by atoms with Crippen LogP contribution in [0.15, 0.2) is 30.6 Å². The van der Waals surface area contributed by atoms with E-state index >= 15 is 0 Å². The summed E-state index contributed by atoms with van der Waals surface area (Å²) in [6.45, 7) is 1.01. The van der Waals surface area contributed by atoms with Crippen LogP contribution in [-0.2, 0) is 20.0 Å². The Labute approximate surface area is 113 Å². The third kappa shape index (κ3) is 3.26. The summed E-state index contributed by atoms with van der Waals surface area (Å²) >= 11 is 0. The minimum absolute atomic E-state index is 0.446. The largest absolute Gasteiger partial charge is 0.497 e. The average molecular weight is 261 g/mol. The first-order valence-electron chi connectivity index (χ1n) is 6.20. The molecule has 0 aliphatic rings. The molecule has 19 heavy (non-hydrogen) atoms. The number of aromatic nitrogens is 2. The van der Waals surface area contributed by atoms with Gasteiger partial charge >= 0.3 is 0 Å². The van der Waals surface area contributed by atoms with Gasteiger partial charge in [-0.1, -0.05) is 6.07 Å². The molecule has 0 radical (unpaired) electrons. The summed E-state index contributed by atoms with van der Waals surface area (Å²) in [6, 6.07) is 5.67. The van der Waals surface area contributed by atoms with E-state index in [-0.39, 0.29) is 0 Å². The van der Waals surface area contributed by atoms with Crippen LogP contribution in [0.3, 0.4) is 0 Å². The van der Waals surface area contributed by atoms with E-state index in [9.17, 15) is 0 Å². The second-order valence-corrected chi connectivity index (χ2v) is 4.23. The third-order valence-corrected chi connectivity index (χ3v) is 3.00. The van der Waals surface area contributed by atoms with E-state index in [1.165, 1.54) is 0 Å². The molecule has 2 aromatic rings. The van der Waals surface area contributed by atoms with Gasteiger partial charge in [0.25, 0.3) is 0 Å².